The Morgan fingerprint density at radius 1 is 1.07 bits per heavy atom. The first kappa shape index (κ1) is 26.4. The highest BCUT2D eigenvalue weighted by atomic mass is 19.1. The Bertz CT molecular complexity index is 1890. The lowest BCUT2D eigenvalue weighted by molar-refractivity contribution is -0.137. The fourth-order valence-corrected chi connectivity index (χ4v) is 5.19. The molecule has 0 spiro atoms. The highest BCUT2D eigenvalue weighted by Gasteiger charge is 2.39. The molecule has 3 aromatic carbocycles. The number of carbonyl (C=O) groups is 1. The first-order valence-electron chi connectivity index (χ1n) is 13.5. The van der Waals surface area contributed by atoms with E-state index in [0.717, 1.165) is 22.2 Å². The summed E-state index contributed by atoms with van der Waals surface area (Å²) in [6.07, 6.45) is 1.85. The lowest BCUT2D eigenvalue weighted by Crippen LogP contribution is -2.25. The molecule has 1 unspecified atom stereocenters. The number of nitrogens with zero attached hydrogens (tertiary/aromatic N) is 4. The summed E-state index contributed by atoms with van der Waals surface area (Å²) in [7, 11) is 0. The smallest absolute Gasteiger partial charge is 0.303 e. The van der Waals surface area contributed by atoms with Gasteiger partial charge in [0.05, 0.1) is 33.3 Å². The standard InChI is InChI=1S/C31H28FN5O4/c1-18-7-14-23-25(15-18)35-30(34-23)31(2)17-26(36-41-31)19-8-13-22-24(16-19)33-27(5-3-4-6-28(38)39)37(29(22)40)21-11-9-20(32)10-12-21/h7-16H,3-6,17H2,1-2H3,(H,34,35)(H,38,39). The number of aromatic nitrogens is 4. The van der Waals surface area contributed by atoms with Gasteiger partial charge in [0.1, 0.15) is 11.6 Å². The van der Waals surface area contributed by atoms with Gasteiger partial charge in [-0.1, -0.05) is 17.3 Å². The van der Waals surface area contributed by atoms with Gasteiger partial charge in [-0.3, -0.25) is 14.2 Å². The number of halogens is 1. The Balaban J connectivity index is 1.34. The lowest BCUT2D eigenvalue weighted by Gasteiger charge is -2.18. The second-order valence-corrected chi connectivity index (χ2v) is 10.6. The second-order valence-electron chi connectivity index (χ2n) is 10.6. The number of hydrogen-bond acceptors (Lipinski definition) is 6. The maximum absolute atomic E-state index is 13.7. The van der Waals surface area contributed by atoms with Gasteiger partial charge in [0.2, 0.25) is 0 Å². The van der Waals surface area contributed by atoms with Crippen molar-refractivity contribution in [2.24, 2.45) is 5.16 Å². The molecule has 6 rings (SSSR count). The van der Waals surface area contributed by atoms with Gasteiger partial charge in [-0.15, -0.1) is 0 Å². The Morgan fingerprint density at radius 3 is 2.66 bits per heavy atom. The molecular weight excluding hydrogens is 525 g/mol. The molecule has 0 aliphatic carbocycles. The number of unbranched alkanes of at least 4 members (excludes halogenated alkanes) is 1. The van der Waals surface area contributed by atoms with E-state index in [1.165, 1.54) is 28.8 Å². The zero-order chi connectivity index (χ0) is 28.7. The molecule has 0 saturated heterocycles. The number of nitrogens with one attached hydrogen (secondary N) is 1. The average molecular weight is 554 g/mol. The molecule has 0 fully saturated rings. The predicted molar refractivity (Wildman–Crippen MR) is 153 cm³/mol. The van der Waals surface area contributed by atoms with Crippen LogP contribution >= 0.6 is 0 Å². The molecule has 1 atom stereocenters. The van der Waals surface area contributed by atoms with E-state index >= 15 is 0 Å². The molecule has 208 valence electrons. The van der Waals surface area contributed by atoms with Crippen LogP contribution < -0.4 is 5.56 Å². The number of rotatable bonds is 8. The number of oxime groups is 1. The van der Waals surface area contributed by atoms with Crippen LogP contribution in [0.3, 0.4) is 0 Å². The lowest BCUT2D eigenvalue weighted by atomic mass is 9.95. The Morgan fingerprint density at radius 2 is 1.88 bits per heavy atom. The van der Waals surface area contributed by atoms with Crippen LogP contribution in [-0.2, 0) is 21.7 Å². The van der Waals surface area contributed by atoms with Crippen LogP contribution in [-0.4, -0.2) is 36.3 Å². The molecule has 2 aromatic heterocycles. The van der Waals surface area contributed by atoms with Gasteiger partial charge in [0.15, 0.2) is 11.4 Å². The van der Waals surface area contributed by atoms with E-state index in [9.17, 15) is 14.0 Å². The molecule has 1 aliphatic heterocycles. The van der Waals surface area contributed by atoms with Crippen LogP contribution in [0.25, 0.3) is 27.6 Å². The van der Waals surface area contributed by atoms with E-state index in [0.29, 0.717) is 59.6 Å². The van der Waals surface area contributed by atoms with Gasteiger partial charge >= 0.3 is 5.97 Å². The summed E-state index contributed by atoms with van der Waals surface area (Å²) in [6.45, 7) is 3.96. The molecule has 9 nitrogen and oxygen atoms in total. The van der Waals surface area contributed by atoms with Crippen LogP contribution in [0.2, 0.25) is 0 Å². The SMILES string of the molecule is Cc1ccc2nc(C3(C)CC(c4ccc5c(=O)n(-c6ccc(F)cc6)c(CCCCC(=O)O)nc5c4)=NO3)[nH]c2c1. The van der Waals surface area contributed by atoms with E-state index in [-0.39, 0.29) is 12.0 Å². The molecule has 5 aromatic rings. The van der Waals surface area contributed by atoms with Gasteiger partial charge in [0, 0.05) is 24.8 Å². The molecule has 0 bridgehead atoms. The van der Waals surface area contributed by atoms with Crippen molar-refractivity contribution in [3.8, 4) is 5.69 Å². The topological polar surface area (TPSA) is 122 Å². The van der Waals surface area contributed by atoms with Gasteiger partial charge < -0.3 is 14.9 Å². The summed E-state index contributed by atoms with van der Waals surface area (Å²) < 4.78 is 15.1. The van der Waals surface area contributed by atoms with E-state index < -0.39 is 17.4 Å². The molecule has 1 aliphatic rings. The quantitative estimate of drug-likeness (QED) is 0.243. The number of fused-ring (bicyclic) bond motifs is 2. The van der Waals surface area contributed by atoms with Gasteiger partial charge in [-0.25, -0.2) is 14.4 Å². The Kier molecular flexibility index (Phi) is 6.61. The summed E-state index contributed by atoms with van der Waals surface area (Å²) in [5.74, 6) is -0.126. The van der Waals surface area contributed by atoms with E-state index in [1.807, 2.05) is 44.2 Å². The molecular formula is C31H28FN5O4. The van der Waals surface area contributed by atoms with Crippen LogP contribution in [0.15, 0.2) is 70.6 Å². The number of aromatic amines is 1. The van der Waals surface area contributed by atoms with Crippen LogP contribution in [0.5, 0.6) is 0 Å². The molecule has 0 saturated carbocycles. The van der Waals surface area contributed by atoms with E-state index in [2.05, 4.69) is 10.1 Å². The Labute approximate surface area is 234 Å². The normalized spacial score (nSPS) is 16.7. The fraction of sp³-hybridized carbons (Fsp3) is 0.258. The number of carboxylic acids is 1. The maximum Gasteiger partial charge on any atom is 0.303 e. The minimum Gasteiger partial charge on any atom is -0.481 e. The summed E-state index contributed by atoms with van der Waals surface area (Å²) in [4.78, 5) is 43.5. The zero-order valence-corrected chi connectivity index (χ0v) is 22.6. The minimum absolute atomic E-state index is 0.0297. The highest BCUT2D eigenvalue weighted by Crippen LogP contribution is 2.36. The Hall–Kier alpha value is -4.86. The predicted octanol–water partition coefficient (Wildman–Crippen LogP) is 5.55. The molecule has 0 radical (unpaired) electrons. The molecule has 10 heteroatoms. The van der Waals surface area contributed by atoms with Crippen molar-refractivity contribution in [3.05, 3.63) is 99.6 Å². The minimum atomic E-state index is -0.874. The second kappa shape index (κ2) is 10.3. The number of benzene rings is 3. The highest BCUT2D eigenvalue weighted by molar-refractivity contribution is 6.04. The number of H-pyrrole nitrogens is 1. The van der Waals surface area contributed by atoms with Crippen molar-refractivity contribution >= 4 is 33.6 Å². The summed E-state index contributed by atoms with van der Waals surface area (Å²) in [5.41, 5.74) is 4.32. The first-order valence-corrected chi connectivity index (χ1v) is 13.5. The molecule has 3 heterocycles. The van der Waals surface area contributed by atoms with Crippen molar-refractivity contribution in [2.45, 2.75) is 51.6 Å². The summed E-state index contributed by atoms with van der Waals surface area (Å²) >= 11 is 0. The fourth-order valence-electron chi connectivity index (χ4n) is 5.19. The summed E-state index contributed by atoms with van der Waals surface area (Å²) in [6, 6.07) is 17.0. The van der Waals surface area contributed by atoms with Crippen molar-refractivity contribution in [1.82, 2.24) is 19.5 Å². The van der Waals surface area contributed by atoms with Crippen LogP contribution in [0, 0.1) is 12.7 Å². The third-order valence-electron chi connectivity index (χ3n) is 7.40. The molecule has 2 N–H and O–H groups in total. The number of aliphatic carboxylic acids is 1. The number of aryl methyl sites for hydroxylation is 2. The molecule has 41 heavy (non-hydrogen) atoms. The first-order chi connectivity index (χ1) is 19.7. The van der Waals surface area contributed by atoms with E-state index in [1.54, 1.807) is 6.07 Å². The third kappa shape index (κ3) is 5.08. The van der Waals surface area contributed by atoms with Crippen molar-refractivity contribution in [1.29, 1.82) is 0 Å². The van der Waals surface area contributed by atoms with E-state index in [4.69, 9.17) is 19.9 Å². The zero-order valence-electron chi connectivity index (χ0n) is 22.6. The maximum atomic E-state index is 13.7. The van der Waals surface area contributed by atoms with Gasteiger partial charge in [0.25, 0.3) is 5.56 Å². The number of hydrogen-bond donors (Lipinski definition) is 2. The largest absolute Gasteiger partial charge is 0.481 e. The summed E-state index contributed by atoms with van der Waals surface area (Å²) in [5, 5.41) is 13.8. The molecule has 0 amide bonds. The van der Waals surface area contributed by atoms with Crippen LogP contribution in [0.4, 0.5) is 4.39 Å². The van der Waals surface area contributed by atoms with Crippen molar-refractivity contribution in [3.63, 3.8) is 0 Å². The van der Waals surface area contributed by atoms with Gasteiger partial charge in [-0.2, -0.15) is 0 Å². The number of imidazole rings is 1. The number of carboxylic acid groups (broad SMARTS) is 1. The van der Waals surface area contributed by atoms with Crippen LogP contribution in [0.1, 0.15) is 55.4 Å². The third-order valence-corrected chi connectivity index (χ3v) is 7.40. The van der Waals surface area contributed by atoms with Crippen molar-refractivity contribution in [2.75, 3.05) is 0 Å². The van der Waals surface area contributed by atoms with Crippen molar-refractivity contribution < 1.29 is 19.1 Å². The van der Waals surface area contributed by atoms with Gasteiger partial charge in [-0.05, 0) is 80.8 Å². The average Bonchev–Trinajstić information content (AvgIpc) is 3.56. The monoisotopic (exact) mass is 553 g/mol.